The Labute approximate surface area is 268 Å². The van der Waals surface area contributed by atoms with Crippen LogP contribution in [0.5, 0.6) is 0 Å². The molecule has 2 N–H and O–H groups in total. The summed E-state index contributed by atoms with van der Waals surface area (Å²) >= 11 is 0. The Hall–Kier alpha value is -3.84. The van der Waals surface area contributed by atoms with Gasteiger partial charge in [0.2, 0.25) is 0 Å². The lowest BCUT2D eigenvalue weighted by Gasteiger charge is -2.40. The first-order valence-corrected chi connectivity index (χ1v) is 15.4. The molecule has 3 aromatic carbocycles. The van der Waals surface area contributed by atoms with Gasteiger partial charge in [0.05, 0.1) is 19.3 Å². The third-order valence-corrected chi connectivity index (χ3v) is 7.85. The molecule has 2 aliphatic rings. The number of hydrogen-bond donors (Lipinski definition) is 2. The minimum absolute atomic E-state index is 0.0240. The van der Waals surface area contributed by atoms with Crippen molar-refractivity contribution in [1.82, 2.24) is 4.90 Å². The van der Waals surface area contributed by atoms with Gasteiger partial charge in [0.25, 0.3) is 0 Å². The van der Waals surface area contributed by atoms with Gasteiger partial charge in [-0.05, 0) is 37.5 Å². The van der Waals surface area contributed by atoms with Crippen LogP contribution >= 0.6 is 0 Å². The first-order chi connectivity index (χ1) is 22.2. The monoisotopic (exact) mass is 635 g/mol. The average molecular weight is 636 g/mol. The van der Waals surface area contributed by atoms with Gasteiger partial charge in [-0.15, -0.1) is 0 Å². The number of ether oxygens (including phenoxy) is 6. The molecule has 11 heteroatoms. The Morgan fingerprint density at radius 2 is 1.39 bits per heavy atom. The third kappa shape index (κ3) is 8.11. The van der Waals surface area contributed by atoms with Crippen molar-refractivity contribution in [2.45, 2.75) is 89.2 Å². The van der Waals surface area contributed by atoms with Gasteiger partial charge < -0.3 is 38.6 Å². The lowest BCUT2D eigenvalue weighted by atomic mass is 9.93. The Kier molecular flexibility index (Phi) is 11.1. The number of benzene rings is 3. The highest BCUT2D eigenvalue weighted by molar-refractivity contribution is 5.75. The van der Waals surface area contributed by atoms with E-state index in [-0.39, 0.29) is 26.4 Å². The molecule has 0 aliphatic carbocycles. The molecule has 0 unspecified atom stereocenters. The SMILES string of the molecule is CCOC(=O)[C@H](O)[C@@H](O)[C@@H]([C@H]1O[C@@H]2OC(C)(C)O[C@@H]2[C@H]1OCc1ccccc1)N(Cc1ccccc1)C(=O)OCc1ccccc1. The molecule has 7 atom stereocenters. The van der Waals surface area contributed by atoms with Crippen LogP contribution in [0.2, 0.25) is 0 Å². The molecule has 2 fully saturated rings. The van der Waals surface area contributed by atoms with E-state index in [1.807, 2.05) is 91.0 Å². The second-order valence-electron chi connectivity index (χ2n) is 11.7. The smallest absolute Gasteiger partial charge is 0.410 e. The Balaban J connectivity index is 1.53. The number of aliphatic hydroxyl groups is 2. The molecule has 0 saturated carbocycles. The molecule has 1 amide bonds. The van der Waals surface area contributed by atoms with Crippen molar-refractivity contribution in [3.63, 3.8) is 0 Å². The largest absolute Gasteiger partial charge is 0.464 e. The molecular formula is C35H41NO10. The summed E-state index contributed by atoms with van der Waals surface area (Å²) in [5.41, 5.74) is 2.32. The molecule has 5 rings (SSSR count). The number of esters is 1. The highest BCUT2D eigenvalue weighted by Crippen LogP contribution is 2.42. The normalized spacial score (nSPS) is 23.6. The third-order valence-electron chi connectivity index (χ3n) is 7.85. The molecule has 2 heterocycles. The van der Waals surface area contributed by atoms with Crippen molar-refractivity contribution < 1.29 is 48.2 Å². The van der Waals surface area contributed by atoms with Crippen LogP contribution in [0.15, 0.2) is 91.0 Å². The van der Waals surface area contributed by atoms with Gasteiger partial charge >= 0.3 is 12.1 Å². The zero-order chi connectivity index (χ0) is 32.7. The lowest BCUT2D eigenvalue weighted by Crippen LogP contribution is -2.61. The van der Waals surface area contributed by atoms with Crippen molar-refractivity contribution in [3.8, 4) is 0 Å². The lowest BCUT2D eigenvalue weighted by molar-refractivity contribution is -0.232. The minimum atomic E-state index is -2.03. The predicted molar refractivity (Wildman–Crippen MR) is 165 cm³/mol. The standard InChI is InChI=1S/C35H41NO10/c1-4-41-32(39)28(38)27(37)26(36(20-23-14-8-5-9-15-23)34(40)43-22-25-18-12-7-13-19-25)29-30(42-21-24-16-10-6-11-17-24)31-33(44-29)46-35(2,3)45-31/h5-19,26-31,33,37-38H,4,20-22H2,1-3H3/t26-,27-,28+,29+,30-,31+,33+/m0/s1. The van der Waals surface area contributed by atoms with E-state index in [4.69, 9.17) is 28.4 Å². The van der Waals surface area contributed by atoms with Gasteiger partial charge in [-0.1, -0.05) is 91.0 Å². The molecule has 2 aliphatic heterocycles. The van der Waals surface area contributed by atoms with E-state index in [1.165, 1.54) is 4.90 Å². The first-order valence-electron chi connectivity index (χ1n) is 15.4. The van der Waals surface area contributed by atoms with E-state index in [0.29, 0.717) is 5.56 Å². The van der Waals surface area contributed by atoms with Crippen LogP contribution in [0.3, 0.4) is 0 Å². The van der Waals surface area contributed by atoms with Crippen LogP contribution < -0.4 is 0 Å². The average Bonchev–Trinajstić information content (AvgIpc) is 3.54. The fraction of sp³-hybridized carbons (Fsp3) is 0.429. The summed E-state index contributed by atoms with van der Waals surface area (Å²) in [6.07, 6.45) is -8.43. The first kappa shape index (κ1) is 33.5. The van der Waals surface area contributed by atoms with Crippen LogP contribution in [0.25, 0.3) is 0 Å². The van der Waals surface area contributed by atoms with Crippen molar-refractivity contribution in [2.75, 3.05) is 6.61 Å². The molecule has 2 saturated heterocycles. The second-order valence-corrected chi connectivity index (χ2v) is 11.7. The Morgan fingerprint density at radius 1 is 0.826 bits per heavy atom. The zero-order valence-corrected chi connectivity index (χ0v) is 26.1. The predicted octanol–water partition coefficient (Wildman–Crippen LogP) is 3.94. The van der Waals surface area contributed by atoms with E-state index in [9.17, 15) is 19.8 Å². The van der Waals surface area contributed by atoms with E-state index < -0.39 is 60.7 Å². The van der Waals surface area contributed by atoms with Gasteiger partial charge in [-0.25, -0.2) is 9.59 Å². The molecule has 0 bridgehead atoms. The molecule has 0 aromatic heterocycles. The summed E-state index contributed by atoms with van der Waals surface area (Å²) < 4.78 is 35.8. The van der Waals surface area contributed by atoms with E-state index in [1.54, 1.807) is 20.8 Å². The van der Waals surface area contributed by atoms with Crippen LogP contribution in [0.1, 0.15) is 37.5 Å². The molecule has 0 radical (unpaired) electrons. The van der Waals surface area contributed by atoms with Crippen molar-refractivity contribution >= 4 is 12.1 Å². The van der Waals surface area contributed by atoms with Gasteiger partial charge in [0.1, 0.15) is 31.0 Å². The topological polar surface area (TPSA) is 133 Å². The van der Waals surface area contributed by atoms with Crippen molar-refractivity contribution in [1.29, 1.82) is 0 Å². The summed E-state index contributed by atoms with van der Waals surface area (Å²) in [5, 5.41) is 22.8. The van der Waals surface area contributed by atoms with Crippen molar-refractivity contribution in [3.05, 3.63) is 108 Å². The summed E-state index contributed by atoms with van der Waals surface area (Å²) in [4.78, 5) is 28.0. The number of aliphatic hydroxyl groups excluding tert-OH is 2. The highest BCUT2D eigenvalue weighted by Gasteiger charge is 2.60. The van der Waals surface area contributed by atoms with Crippen molar-refractivity contribution in [2.24, 2.45) is 0 Å². The number of carbonyl (C=O) groups is 2. The maximum Gasteiger partial charge on any atom is 0.410 e. The molecule has 46 heavy (non-hydrogen) atoms. The zero-order valence-electron chi connectivity index (χ0n) is 26.1. The van der Waals surface area contributed by atoms with E-state index in [0.717, 1.165) is 11.1 Å². The fourth-order valence-electron chi connectivity index (χ4n) is 5.72. The summed E-state index contributed by atoms with van der Waals surface area (Å²) in [7, 11) is 0. The highest BCUT2D eigenvalue weighted by atomic mass is 16.8. The number of hydrogen-bond acceptors (Lipinski definition) is 10. The number of rotatable bonds is 13. The fourth-order valence-corrected chi connectivity index (χ4v) is 5.72. The van der Waals surface area contributed by atoms with Gasteiger partial charge in [-0.2, -0.15) is 0 Å². The Bertz CT molecular complexity index is 1410. The molecule has 0 spiro atoms. The molecular weight excluding hydrogens is 594 g/mol. The quantitative estimate of drug-likeness (QED) is 0.266. The van der Waals surface area contributed by atoms with Gasteiger partial charge in [0.15, 0.2) is 18.2 Å². The van der Waals surface area contributed by atoms with Crippen LogP contribution in [-0.4, -0.2) is 82.4 Å². The second kappa shape index (κ2) is 15.2. The molecule has 246 valence electrons. The number of fused-ring (bicyclic) bond motifs is 1. The van der Waals surface area contributed by atoms with Gasteiger partial charge in [0, 0.05) is 6.54 Å². The summed E-state index contributed by atoms with van der Waals surface area (Å²) in [6.45, 7) is 5.10. The minimum Gasteiger partial charge on any atom is -0.464 e. The number of nitrogens with zero attached hydrogens (tertiary/aromatic N) is 1. The summed E-state index contributed by atoms with van der Waals surface area (Å²) in [5.74, 6) is -2.04. The van der Waals surface area contributed by atoms with Gasteiger partial charge in [-0.3, -0.25) is 4.90 Å². The van der Waals surface area contributed by atoms with E-state index in [2.05, 4.69) is 0 Å². The number of amides is 1. The van der Waals surface area contributed by atoms with Crippen LogP contribution in [-0.2, 0) is 53.0 Å². The molecule has 11 nitrogen and oxygen atoms in total. The van der Waals surface area contributed by atoms with Crippen LogP contribution in [0.4, 0.5) is 4.79 Å². The van der Waals surface area contributed by atoms with E-state index >= 15 is 0 Å². The number of carbonyl (C=O) groups excluding carboxylic acids is 2. The maximum atomic E-state index is 14.0. The maximum absolute atomic E-state index is 14.0. The summed E-state index contributed by atoms with van der Waals surface area (Å²) in [6, 6.07) is 26.3. The van der Waals surface area contributed by atoms with Crippen LogP contribution in [0, 0.1) is 0 Å². The Morgan fingerprint density at radius 3 is 1.98 bits per heavy atom. The molecule has 3 aromatic rings.